The van der Waals surface area contributed by atoms with E-state index in [1.165, 1.54) is 19.6 Å². The minimum absolute atomic E-state index is 0.252. The Hall–Kier alpha value is -1.09. The highest BCUT2D eigenvalue weighted by Gasteiger charge is 2.41. The number of methoxy groups -OCH3 is 1. The zero-order valence-electron chi connectivity index (χ0n) is 11.4. The number of ether oxygens (including phenoxy) is 1. The van der Waals surface area contributed by atoms with E-state index in [4.69, 9.17) is 10.5 Å². The largest absolute Gasteiger partial charge is 0.497 e. The van der Waals surface area contributed by atoms with Crippen LogP contribution in [0.1, 0.15) is 38.7 Å². The van der Waals surface area contributed by atoms with Crippen LogP contribution in [0.5, 0.6) is 5.75 Å². The second kappa shape index (κ2) is 4.88. The van der Waals surface area contributed by atoms with Gasteiger partial charge < -0.3 is 10.5 Å². The fourth-order valence-corrected chi connectivity index (χ4v) is 3.08. The van der Waals surface area contributed by atoms with Gasteiger partial charge in [-0.15, -0.1) is 0 Å². The van der Waals surface area contributed by atoms with Crippen molar-refractivity contribution in [1.82, 2.24) is 0 Å². The van der Waals surface area contributed by atoms with Crippen molar-refractivity contribution in [2.45, 2.75) is 38.6 Å². The molecule has 18 heavy (non-hydrogen) atoms. The van der Waals surface area contributed by atoms with E-state index in [-0.39, 0.29) is 11.7 Å². The number of halogens is 1. The van der Waals surface area contributed by atoms with Crippen molar-refractivity contribution in [3.8, 4) is 5.75 Å². The first-order valence-electron chi connectivity index (χ1n) is 6.62. The molecule has 0 heterocycles. The molecule has 0 aromatic heterocycles. The maximum absolute atomic E-state index is 14.2. The van der Waals surface area contributed by atoms with Gasteiger partial charge in [0, 0.05) is 17.2 Å². The molecule has 0 radical (unpaired) electrons. The molecule has 100 valence electrons. The lowest BCUT2D eigenvalue weighted by molar-refractivity contribution is 0.140. The normalized spacial score (nSPS) is 32.3. The predicted molar refractivity (Wildman–Crippen MR) is 71.0 cm³/mol. The second-order valence-corrected chi connectivity index (χ2v) is 5.54. The Balaban J connectivity index is 2.40. The second-order valence-electron chi connectivity index (χ2n) is 5.54. The van der Waals surface area contributed by atoms with Crippen LogP contribution in [0.4, 0.5) is 4.39 Å². The van der Waals surface area contributed by atoms with Gasteiger partial charge in [0.15, 0.2) is 0 Å². The molecule has 2 nitrogen and oxygen atoms in total. The summed E-state index contributed by atoms with van der Waals surface area (Å²) in [6.45, 7) is 4.33. The van der Waals surface area contributed by atoms with Crippen LogP contribution in [0, 0.1) is 17.7 Å². The fraction of sp³-hybridized carbons (Fsp3) is 0.600. The standard InChI is InChI=1S/C15H22FNO/c1-10-5-4-8-15(17,11(10)2)13-7-6-12(18-3)9-14(13)16/h6-7,9-11H,4-5,8,17H2,1-3H3. The number of hydrogen-bond acceptors (Lipinski definition) is 2. The summed E-state index contributed by atoms with van der Waals surface area (Å²) in [6.07, 6.45) is 3.09. The monoisotopic (exact) mass is 251 g/mol. The van der Waals surface area contributed by atoms with E-state index in [0.717, 1.165) is 12.8 Å². The van der Waals surface area contributed by atoms with E-state index in [0.29, 0.717) is 17.2 Å². The summed E-state index contributed by atoms with van der Waals surface area (Å²) in [7, 11) is 1.54. The van der Waals surface area contributed by atoms with Crippen LogP contribution in [-0.2, 0) is 5.54 Å². The van der Waals surface area contributed by atoms with E-state index in [9.17, 15) is 4.39 Å². The Morgan fingerprint density at radius 1 is 1.39 bits per heavy atom. The highest BCUT2D eigenvalue weighted by molar-refractivity contribution is 5.34. The molecule has 1 fully saturated rings. The fourth-order valence-electron chi connectivity index (χ4n) is 3.08. The molecule has 1 aromatic rings. The summed E-state index contributed by atoms with van der Waals surface area (Å²) in [4.78, 5) is 0. The van der Waals surface area contributed by atoms with Gasteiger partial charge in [0.2, 0.25) is 0 Å². The van der Waals surface area contributed by atoms with Crippen LogP contribution < -0.4 is 10.5 Å². The molecule has 0 amide bonds. The average molecular weight is 251 g/mol. The van der Waals surface area contributed by atoms with Crippen LogP contribution in [0.2, 0.25) is 0 Å². The third kappa shape index (κ3) is 2.12. The van der Waals surface area contributed by atoms with Crippen LogP contribution in [0.3, 0.4) is 0 Å². The molecule has 0 bridgehead atoms. The van der Waals surface area contributed by atoms with Crippen molar-refractivity contribution >= 4 is 0 Å². The highest BCUT2D eigenvalue weighted by atomic mass is 19.1. The number of rotatable bonds is 2. The lowest BCUT2D eigenvalue weighted by atomic mass is 9.66. The van der Waals surface area contributed by atoms with Gasteiger partial charge in [0.25, 0.3) is 0 Å². The summed E-state index contributed by atoms with van der Waals surface area (Å²) in [6, 6.07) is 5.00. The summed E-state index contributed by atoms with van der Waals surface area (Å²) in [5.74, 6) is 1.11. The summed E-state index contributed by atoms with van der Waals surface area (Å²) >= 11 is 0. The molecule has 0 spiro atoms. The summed E-state index contributed by atoms with van der Waals surface area (Å²) < 4.78 is 19.2. The van der Waals surface area contributed by atoms with E-state index in [1.807, 2.05) is 0 Å². The summed E-state index contributed by atoms with van der Waals surface area (Å²) in [5.41, 5.74) is 6.61. The van der Waals surface area contributed by atoms with Crippen LogP contribution in [0.15, 0.2) is 18.2 Å². The average Bonchev–Trinajstić information content (AvgIpc) is 2.35. The van der Waals surface area contributed by atoms with Crippen LogP contribution in [0.25, 0.3) is 0 Å². The van der Waals surface area contributed by atoms with Crippen molar-refractivity contribution in [3.63, 3.8) is 0 Å². The maximum Gasteiger partial charge on any atom is 0.131 e. The lowest BCUT2D eigenvalue weighted by Crippen LogP contribution is -2.48. The smallest absolute Gasteiger partial charge is 0.131 e. The van der Waals surface area contributed by atoms with E-state index >= 15 is 0 Å². The van der Waals surface area contributed by atoms with Gasteiger partial charge in [-0.1, -0.05) is 32.8 Å². The van der Waals surface area contributed by atoms with E-state index in [2.05, 4.69) is 13.8 Å². The van der Waals surface area contributed by atoms with Crippen molar-refractivity contribution in [2.24, 2.45) is 17.6 Å². The molecule has 3 unspecified atom stereocenters. The van der Waals surface area contributed by atoms with Crippen LogP contribution >= 0.6 is 0 Å². The Morgan fingerprint density at radius 2 is 2.11 bits per heavy atom. The molecular formula is C15H22FNO. The first-order valence-corrected chi connectivity index (χ1v) is 6.62. The molecule has 2 rings (SSSR count). The topological polar surface area (TPSA) is 35.2 Å². The molecule has 1 saturated carbocycles. The van der Waals surface area contributed by atoms with Gasteiger partial charge in [-0.2, -0.15) is 0 Å². The number of hydrogen-bond donors (Lipinski definition) is 1. The molecule has 2 N–H and O–H groups in total. The zero-order valence-corrected chi connectivity index (χ0v) is 11.4. The van der Waals surface area contributed by atoms with Crippen molar-refractivity contribution < 1.29 is 9.13 Å². The van der Waals surface area contributed by atoms with Gasteiger partial charge in [0.05, 0.1) is 7.11 Å². The van der Waals surface area contributed by atoms with Crippen molar-refractivity contribution in [3.05, 3.63) is 29.6 Å². The third-order valence-electron chi connectivity index (χ3n) is 4.59. The van der Waals surface area contributed by atoms with Crippen molar-refractivity contribution in [2.75, 3.05) is 7.11 Å². The maximum atomic E-state index is 14.2. The first-order chi connectivity index (χ1) is 8.49. The highest BCUT2D eigenvalue weighted by Crippen LogP contribution is 2.43. The molecule has 0 saturated heterocycles. The zero-order chi connectivity index (χ0) is 13.3. The van der Waals surface area contributed by atoms with Crippen LogP contribution in [-0.4, -0.2) is 7.11 Å². The minimum Gasteiger partial charge on any atom is -0.497 e. The van der Waals surface area contributed by atoms with Gasteiger partial charge >= 0.3 is 0 Å². The van der Waals surface area contributed by atoms with E-state index < -0.39 is 5.54 Å². The minimum atomic E-state index is -0.548. The summed E-state index contributed by atoms with van der Waals surface area (Å²) in [5, 5.41) is 0. The molecule has 3 atom stereocenters. The molecule has 0 aliphatic heterocycles. The number of benzene rings is 1. The molecule has 3 heteroatoms. The van der Waals surface area contributed by atoms with Gasteiger partial charge in [-0.3, -0.25) is 0 Å². The SMILES string of the molecule is COc1ccc(C2(N)CCCC(C)C2C)c(F)c1. The van der Waals surface area contributed by atoms with E-state index in [1.54, 1.807) is 12.1 Å². The quantitative estimate of drug-likeness (QED) is 0.873. The van der Waals surface area contributed by atoms with Gasteiger partial charge in [0.1, 0.15) is 11.6 Å². The first kappa shape index (κ1) is 13.3. The molecule has 1 aromatic carbocycles. The van der Waals surface area contributed by atoms with Gasteiger partial charge in [-0.05, 0) is 24.3 Å². The predicted octanol–water partition coefficient (Wildman–Crippen LogP) is 3.44. The Kier molecular flexibility index (Phi) is 3.62. The Bertz CT molecular complexity index is 435. The van der Waals surface area contributed by atoms with Gasteiger partial charge in [-0.25, -0.2) is 4.39 Å². The molecule has 1 aliphatic rings. The Labute approximate surface area is 108 Å². The lowest BCUT2D eigenvalue weighted by Gasteiger charge is -2.43. The molecular weight excluding hydrogens is 229 g/mol. The Morgan fingerprint density at radius 3 is 2.72 bits per heavy atom. The molecule has 1 aliphatic carbocycles. The van der Waals surface area contributed by atoms with Crippen molar-refractivity contribution in [1.29, 1.82) is 0 Å². The number of nitrogens with two attached hydrogens (primary N) is 1. The third-order valence-corrected chi connectivity index (χ3v) is 4.59.